The molecule has 0 radical (unpaired) electrons. The highest BCUT2D eigenvalue weighted by molar-refractivity contribution is 7.09. The Morgan fingerprint density at radius 3 is 2.71 bits per heavy atom. The third-order valence-corrected chi connectivity index (χ3v) is 2.15. The van der Waals surface area contributed by atoms with E-state index in [1.807, 2.05) is 0 Å². The van der Waals surface area contributed by atoms with Gasteiger partial charge in [0.25, 0.3) is 0 Å². The van der Waals surface area contributed by atoms with Crippen LogP contribution in [0.5, 0.6) is 0 Å². The second-order valence-electron chi connectivity index (χ2n) is 2.47. The van der Waals surface area contributed by atoms with Crippen molar-refractivity contribution in [2.45, 2.75) is 12.8 Å². The molecule has 0 saturated heterocycles. The molecule has 0 amide bonds. The van der Waals surface area contributed by atoms with Crippen LogP contribution < -0.4 is 5.73 Å². The van der Waals surface area contributed by atoms with Crippen LogP contribution in [0.2, 0.25) is 0 Å². The minimum absolute atomic E-state index is 0.0813. The van der Waals surface area contributed by atoms with E-state index in [1.165, 1.54) is 0 Å². The topological polar surface area (TPSA) is 48.1 Å². The van der Waals surface area contributed by atoms with Crippen LogP contribution in [-0.4, -0.2) is 18.1 Å². The molecule has 0 spiro atoms. The van der Waals surface area contributed by atoms with Gasteiger partial charge in [0, 0.05) is 11.9 Å². The molecule has 0 aliphatic carbocycles. The van der Waals surface area contributed by atoms with Crippen molar-refractivity contribution in [3.8, 4) is 0 Å². The molecule has 0 unspecified atom stereocenters. The summed E-state index contributed by atoms with van der Waals surface area (Å²) in [5, 5.41) is 1.28. The van der Waals surface area contributed by atoms with E-state index < -0.39 is 11.9 Å². The number of nitrogens with zero attached hydrogens (tertiary/aromatic N) is 1. The van der Waals surface area contributed by atoms with Gasteiger partial charge in [-0.3, -0.25) is 0 Å². The molecule has 0 fully saturated rings. The summed E-state index contributed by atoms with van der Waals surface area (Å²) in [5.41, 5.74) is 4.28. The lowest BCUT2D eigenvalue weighted by molar-refractivity contribution is -0.140. The van der Waals surface area contributed by atoms with E-state index in [1.54, 1.807) is 0 Å². The molecular weight excluding hydrogens is 217 g/mol. The molecule has 0 aliphatic heterocycles. The van der Waals surface area contributed by atoms with E-state index in [4.69, 9.17) is 10.5 Å². The van der Waals surface area contributed by atoms with Gasteiger partial charge < -0.3 is 10.5 Å². The zero-order valence-corrected chi connectivity index (χ0v) is 7.99. The highest BCUT2D eigenvalue weighted by Crippen LogP contribution is 2.30. The van der Waals surface area contributed by atoms with E-state index in [0.29, 0.717) is 18.2 Å². The number of hydrogen-bond donors (Lipinski definition) is 1. The first-order valence-electron chi connectivity index (χ1n) is 3.83. The van der Waals surface area contributed by atoms with Gasteiger partial charge in [-0.15, -0.1) is 11.3 Å². The normalized spacial score (nSPS) is 12.0. The van der Waals surface area contributed by atoms with Crippen molar-refractivity contribution in [1.82, 2.24) is 4.98 Å². The zero-order chi connectivity index (χ0) is 10.6. The van der Waals surface area contributed by atoms with Crippen LogP contribution in [0.3, 0.4) is 0 Å². The molecule has 7 heteroatoms. The Balaban J connectivity index is 2.51. The van der Waals surface area contributed by atoms with Crippen LogP contribution in [0.25, 0.3) is 0 Å². The van der Waals surface area contributed by atoms with E-state index >= 15 is 0 Å². The van der Waals surface area contributed by atoms with Crippen LogP contribution in [-0.2, 0) is 17.5 Å². The van der Waals surface area contributed by atoms with E-state index in [2.05, 4.69) is 4.98 Å². The number of halogens is 3. The number of thiazole rings is 1. The Kier molecular flexibility index (Phi) is 3.85. The van der Waals surface area contributed by atoms with E-state index in [0.717, 1.165) is 16.7 Å². The molecular formula is C7H9F3N2OS. The first-order valence-corrected chi connectivity index (χ1v) is 4.71. The number of ether oxygens (including phenoxy) is 1. The van der Waals surface area contributed by atoms with Gasteiger partial charge in [0.1, 0.15) is 5.01 Å². The molecule has 2 N–H and O–H groups in total. The minimum Gasteiger partial charge on any atom is -0.373 e. The van der Waals surface area contributed by atoms with Gasteiger partial charge in [-0.25, -0.2) is 4.98 Å². The van der Waals surface area contributed by atoms with Gasteiger partial charge in [-0.05, 0) is 0 Å². The largest absolute Gasteiger partial charge is 0.434 e. The Labute approximate surface area is 82.7 Å². The summed E-state index contributed by atoms with van der Waals surface area (Å²) in [6.45, 7) is 0.746. The zero-order valence-electron chi connectivity index (χ0n) is 7.17. The second kappa shape index (κ2) is 4.72. The monoisotopic (exact) mass is 226 g/mol. The summed E-state index contributed by atoms with van der Waals surface area (Å²) < 4.78 is 41.2. The predicted octanol–water partition coefficient (Wildman–Crippen LogP) is 1.64. The summed E-state index contributed by atoms with van der Waals surface area (Å²) in [4.78, 5) is 3.38. The smallest absolute Gasteiger partial charge is 0.373 e. The van der Waals surface area contributed by atoms with Gasteiger partial charge in [0.05, 0.1) is 13.2 Å². The lowest BCUT2D eigenvalue weighted by Gasteiger charge is -2.00. The van der Waals surface area contributed by atoms with Gasteiger partial charge in [0.2, 0.25) is 0 Å². The van der Waals surface area contributed by atoms with Gasteiger partial charge in [-0.2, -0.15) is 13.2 Å². The number of rotatable bonds is 4. The Hall–Kier alpha value is -0.660. The van der Waals surface area contributed by atoms with Crippen LogP contribution in [0, 0.1) is 0 Å². The standard InChI is InChI=1S/C7H9F3N2OS/c8-7(9,10)5-4-14-6(12-5)3-13-2-1-11/h4H,1-3,11H2. The van der Waals surface area contributed by atoms with Crippen LogP contribution in [0.4, 0.5) is 13.2 Å². The van der Waals surface area contributed by atoms with Crippen molar-refractivity contribution in [2.24, 2.45) is 5.73 Å². The van der Waals surface area contributed by atoms with E-state index in [-0.39, 0.29) is 6.61 Å². The Bertz CT molecular complexity index is 287. The predicted molar refractivity (Wildman–Crippen MR) is 45.8 cm³/mol. The maximum Gasteiger partial charge on any atom is 0.434 e. The third kappa shape index (κ3) is 3.24. The molecule has 1 heterocycles. The molecule has 1 aromatic rings. The van der Waals surface area contributed by atoms with Gasteiger partial charge in [0.15, 0.2) is 5.69 Å². The van der Waals surface area contributed by atoms with Crippen molar-refractivity contribution < 1.29 is 17.9 Å². The van der Waals surface area contributed by atoms with Gasteiger partial charge in [-0.1, -0.05) is 0 Å². The quantitative estimate of drug-likeness (QED) is 0.794. The summed E-state index contributed by atoms with van der Waals surface area (Å²) >= 11 is 0.930. The SMILES string of the molecule is NCCOCc1nc(C(F)(F)F)cs1. The lowest BCUT2D eigenvalue weighted by Crippen LogP contribution is -2.09. The van der Waals surface area contributed by atoms with Crippen molar-refractivity contribution in [2.75, 3.05) is 13.2 Å². The Morgan fingerprint density at radius 2 is 2.21 bits per heavy atom. The van der Waals surface area contributed by atoms with Gasteiger partial charge >= 0.3 is 6.18 Å². The fraction of sp³-hybridized carbons (Fsp3) is 0.571. The summed E-state index contributed by atoms with van der Waals surface area (Å²) in [7, 11) is 0. The van der Waals surface area contributed by atoms with Crippen molar-refractivity contribution in [3.63, 3.8) is 0 Å². The average Bonchev–Trinajstić information content (AvgIpc) is 2.52. The molecule has 14 heavy (non-hydrogen) atoms. The third-order valence-electron chi connectivity index (χ3n) is 1.33. The lowest BCUT2D eigenvalue weighted by atomic mass is 10.5. The molecule has 0 atom stereocenters. The minimum atomic E-state index is -4.37. The number of hydrogen-bond acceptors (Lipinski definition) is 4. The molecule has 1 aromatic heterocycles. The maximum absolute atomic E-state index is 12.1. The Morgan fingerprint density at radius 1 is 1.50 bits per heavy atom. The van der Waals surface area contributed by atoms with Crippen LogP contribution in [0.15, 0.2) is 5.38 Å². The van der Waals surface area contributed by atoms with E-state index in [9.17, 15) is 13.2 Å². The molecule has 0 saturated carbocycles. The summed E-state index contributed by atoms with van der Waals surface area (Å²) in [6.07, 6.45) is -4.37. The fourth-order valence-corrected chi connectivity index (χ4v) is 1.49. The van der Waals surface area contributed by atoms with Crippen molar-refractivity contribution in [1.29, 1.82) is 0 Å². The summed E-state index contributed by atoms with van der Waals surface area (Å²) in [5.74, 6) is 0. The fourth-order valence-electron chi connectivity index (χ4n) is 0.750. The first kappa shape index (κ1) is 11.4. The molecule has 0 aliphatic rings. The highest BCUT2D eigenvalue weighted by Gasteiger charge is 2.33. The number of nitrogens with two attached hydrogens (primary N) is 1. The van der Waals surface area contributed by atoms with Crippen LogP contribution in [0.1, 0.15) is 10.7 Å². The molecule has 0 aromatic carbocycles. The molecule has 1 rings (SSSR count). The molecule has 0 bridgehead atoms. The van der Waals surface area contributed by atoms with Crippen LogP contribution >= 0.6 is 11.3 Å². The number of aromatic nitrogens is 1. The average molecular weight is 226 g/mol. The van der Waals surface area contributed by atoms with Crippen molar-refractivity contribution in [3.05, 3.63) is 16.1 Å². The maximum atomic E-state index is 12.1. The second-order valence-corrected chi connectivity index (χ2v) is 3.41. The molecule has 3 nitrogen and oxygen atoms in total. The summed E-state index contributed by atoms with van der Waals surface area (Å²) in [6, 6.07) is 0. The van der Waals surface area contributed by atoms with Crippen molar-refractivity contribution >= 4 is 11.3 Å². The highest BCUT2D eigenvalue weighted by atomic mass is 32.1. The first-order chi connectivity index (χ1) is 6.54. The number of alkyl halides is 3. The molecule has 80 valence electrons.